The van der Waals surface area contributed by atoms with Crippen LogP contribution in [0, 0.1) is 0 Å². The number of ether oxygens (including phenoxy) is 1. The molecule has 0 radical (unpaired) electrons. The Kier molecular flexibility index (Phi) is 4.36. The monoisotopic (exact) mass is 300 g/mol. The fraction of sp³-hybridized carbons (Fsp3) is 0.500. The zero-order valence-electron chi connectivity index (χ0n) is 10.9. The van der Waals surface area contributed by atoms with E-state index in [1.165, 1.54) is 12.1 Å². The lowest BCUT2D eigenvalue weighted by Crippen LogP contribution is -2.47. The molecule has 0 spiro atoms. The number of nitrogens with zero attached hydrogens (tertiary/aromatic N) is 1. The number of carboxylic acids is 1. The third kappa shape index (κ3) is 3.33. The van der Waals surface area contributed by atoms with Gasteiger partial charge in [0.2, 0.25) is 0 Å². The van der Waals surface area contributed by atoms with E-state index < -0.39 is 16.0 Å². The highest BCUT2D eigenvalue weighted by Crippen LogP contribution is 2.24. The Morgan fingerprint density at radius 3 is 2.70 bits per heavy atom. The summed E-state index contributed by atoms with van der Waals surface area (Å²) in [6.07, 6.45) is 2.41. The van der Waals surface area contributed by atoms with Crippen molar-refractivity contribution in [3.63, 3.8) is 0 Å². The zero-order chi connectivity index (χ0) is 14.8. The smallest absolute Gasteiger partial charge is 0.337 e. The minimum atomic E-state index is -3.71. The molecule has 0 aliphatic heterocycles. The van der Waals surface area contributed by atoms with Crippen molar-refractivity contribution in [1.29, 1.82) is 0 Å². The Morgan fingerprint density at radius 1 is 1.50 bits per heavy atom. The lowest BCUT2D eigenvalue weighted by atomic mass is 9.90. The highest BCUT2D eigenvalue weighted by atomic mass is 32.2. The van der Waals surface area contributed by atoms with E-state index >= 15 is 0 Å². The summed E-state index contributed by atoms with van der Waals surface area (Å²) in [5.41, 5.74) is -0.0518. The van der Waals surface area contributed by atoms with Crippen molar-refractivity contribution in [2.75, 3.05) is 6.61 Å². The fourth-order valence-corrected chi connectivity index (χ4v) is 3.17. The van der Waals surface area contributed by atoms with Gasteiger partial charge in [0.1, 0.15) is 0 Å². The predicted octanol–water partition coefficient (Wildman–Crippen LogP) is 0.626. The fourth-order valence-electron chi connectivity index (χ4n) is 1.98. The van der Waals surface area contributed by atoms with E-state index in [0.717, 1.165) is 6.20 Å². The third-order valence-electron chi connectivity index (χ3n) is 3.08. The second-order valence-corrected chi connectivity index (χ2v) is 6.22. The highest BCUT2D eigenvalue weighted by molar-refractivity contribution is 7.89. The Bertz CT molecular complexity index is 578. The van der Waals surface area contributed by atoms with Crippen LogP contribution in [0.3, 0.4) is 0 Å². The van der Waals surface area contributed by atoms with Crippen molar-refractivity contribution in [1.82, 2.24) is 9.71 Å². The number of nitrogens with one attached hydrogen (secondary N) is 1. The number of rotatable bonds is 6. The molecule has 1 fully saturated rings. The van der Waals surface area contributed by atoms with Crippen LogP contribution in [0.25, 0.3) is 0 Å². The Labute approximate surface area is 117 Å². The second-order valence-electron chi connectivity index (χ2n) is 4.56. The molecule has 1 aromatic rings. The molecule has 1 saturated carbocycles. The van der Waals surface area contributed by atoms with Crippen LogP contribution in [0.4, 0.5) is 0 Å². The van der Waals surface area contributed by atoms with E-state index in [0.29, 0.717) is 19.4 Å². The summed E-state index contributed by atoms with van der Waals surface area (Å²) >= 11 is 0. The van der Waals surface area contributed by atoms with Gasteiger partial charge in [0.25, 0.3) is 10.0 Å². The van der Waals surface area contributed by atoms with Crippen LogP contribution in [-0.2, 0) is 14.8 Å². The molecule has 1 aromatic heterocycles. The first-order valence-corrected chi connectivity index (χ1v) is 7.74. The topological polar surface area (TPSA) is 106 Å². The number of aromatic carboxylic acids is 1. The predicted molar refractivity (Wildman–Crippen MR) is 70.0 cm³/mol. The van der Waals surface area contributed by atoms with Crippen LogP contribution >= 0.6 is 0 Å². The van der Waals surface area contributed by atoms with Crippen molar-refractivity contribution in [3.8, 4) is 0 Å². The minimum absolute atomic E-state index is 0.0518. The minimum Gasteiger partial charge on any atom is -0.478 e. The maximum atomic E-state index is 12.0. The van der Waals surface area contributed by atoms with Gasteiger partial charge in [0.15, 0.2) is 5.03 Å². The molecule has 0 unspecified atom stereocenters. The number of carboxylic acid groups (broad SMARTS) is 1. The largest absolute Gasteiger partial charge is 0.478 e. The molecular formula is C12H16N2O5S. The summed E-state index contributed by atoms with van der Waals surface area (Å²) in [6, 6.07) is 2.25. The zero-order valence-corrected chi connectivity index (χ0v) is 11.8. The van der Waals surface area contributed by atoms with Gasteiger partial charge in [-0.25, -0.2) is 22.9 Å². The molecule has 1 aliphatic carbocycles. The van der Waals surface area contributed by atoms with Gasteiger partial charge in [-0.15, -0.1) is 0 Å². The van der Waals surface area contributed by atoms with Gasteiger partial charge in [0, 0.05) is 18.8 Å². The summed E-state index contributed by atoms with van der Waals surface area (Å²) in [4.78, 5) is 14.3. The Hall–Kier alpha value is -1.51. The highest BCUT2D eigenvalue weighted by Gasteiger charge is 2.33. The standard InChI is InChI=1S/C12H16N2O5S/c1-2-19-10-5-9(6-10)14-20(17,18)11-4-3-8(7-13-11)12(15)16/h3-4,7,9-10,14H,2,5-6H2,1H3,(H,15,16). The molecule has 8 heteroatoms. The van der Waals surface area contributed by atoms with Gasteiger partial charge in [-0.05, 0) is 31.9 Å². The molecule has 20 heavy (non-hydrogen) atoms. The number of sulfonamides is 1. The van der Waals surface area contributed by atoms with Crippen molar-refractivity contribution in [2.45, 2.75) is 36.9 Å². The molecule has 0 saturated heterocycles. The number of hydrogen-bond acceptors (Lipinski definition) is 5. The molecule has 0 atom stereocenters. The van der Waals surface area contributed by atoms with Crippen LogP contribution < -0.4 is 4.72 Å². The molecule has 0 bridgehead atoms. The average Bonchev–Trinajstić information content (AvgIpc) is 2.36. The Balaban J connectivity index is 1.99. The average molecular weight is 300 g/mol. The van der Waals surface area contributed by atoms with Gasteiger partial charge >= 0.3 is 5.97 Å². The molecule has 0 aromatic carbocycles. The quantitative estimate of drug-likeness (QED) is 0.798. The first-order valence-electron chi connectivity index (χ1n) is 6.25. The lowest BCUT2D eigenvalue weighted by Gasteiger charge is -2.34. The van der Waals surface area contributed by atoms with Crippen LogP contribution in [0.1, 0.15) is 30.1 Å². The van der Waals surface area contributed by atoms with Gasteiger partial charge in [-0.1, -0.05) is 0 Å². The first kappa shape index (κ1) is 14.9. The van der Waals surface area contributed by atoms with Gasteiger partial charge in [-0.3, -0.25) is 0 Å². The number of hydrogen-bond donors (Lipinski definition) is 2. The van der Waals surface area contributed by atoms with E-state index in [-0.39, 0.29) is 22.7 Å². The van der Waals surface area contributed by atoms with E-state index in [2.05, 4.69) is 9.71 Å². The summed E-state index contributed by atoms with van der Waals surface area (Å²) in [5, 5.41) is 8.55. The second kappa shape index (κ2) is 5.86. The van der Waals surface area contributed by atoms with Gasteiger partial charge < -0.3 is 9.84 Å². The molecule has 1 heterocycles. The molecule has 110 valence electrons. The van der Waals surface area contributed by atoms with Crippen molar-refractivity contribution >= 4 is 16.0 Å². The maximum Gasteiger partial charge on any atom is 0.337 e. The SMILES string of the molecule is CCOC1CC(NS(=O)(=O)c2ccc(C(=O)O)cn2)C1. The van der Waals surface area contributed by atoms with Crippen LogP contribution in [0.15, 0.2) is 23.4 Å². The first-order chi connectivity index (χ1) is 9.42. The van der Waals surface area contributed by atoms with Crippen LogP contribution in [0.5, 0.6) is 0 Å². The van der Waals surface area contributed by atoms with Crippen molar-refractivity contribution in [2.24, 2.45) is 0 Å². The van der Waals surface area contributed by atoms with E-state index in [1.807, 2.05) is 6.92 Å². The molecule has 2 N–H and O–H groups in total. The van der Waals surface area contributed by atoms with Crippen LogP contribution in [0.2, 0.25) is 0 Å². The van der Waals surface area contributed by atoms with Crippen molar-refractivity contribution in [3.05, 3.63) is 23.9 Å². The van der Waals surface area contributed by atoms with E-state index in [9.17, 15) is 13.2 Å². The molecule has 7 nitrogen and oxygen atoms in total. The van der Waals surface area contributed by atoms with Gasteiger partial charge in [-0.2, -0.15) is 0 Å². The van der Waals surface area contributed by atoms with Crippen molar-refractivity contribution < 1.29 is 23.1 Å². The number of pyridine rings is 1. The normalized spacial score (nSPS) is 22.2. The number of aromatic nitrogens is 1. The van der Waals surface area contributed by atoms with E-state index in [4.69, 9.17) is 9.84 Å². The summed E-state index contributed by atoms with van der Waals surface area (Å²) in [5.74, 6) is -1.15. The molecule has 2 rings (SSSR count). The maximum absolute atomic E-state index is 12.0. The molecule has 0 amide bonds. The van der Waals surface area contributed by atoms with Gasteiger partial charge in [0.05, 0.1) is 11.7 Å². The summed E-state index contributed by atoms with van der Waals surface area (Å²) in [7, 11) is -3.71. The molecule has 1 aliphatic rings. The summed E-state index contributed by atoms with van der Waals surface area (Å²) in [6.45, 7) is 2.51. The van der Waals surface area contributed by atoms with E-state index in [1.54, 1.807) is 0 Å². The third-order valence-corrected chi connectivity index (χ3v) is 4.51. The number of carbonyl (C=O) groups is 1. The summed E-state index contributed by atoms with van der Waals surface area (Å²) < 4.78 is 31.9. The van der Waals surface area contributed by atoms with Crippen LogP contribution in [-0.4, -0.2) is 43.2 Å². The molecular weight excluding hydrogens is 284 g/mol. The Morgan fingerprint density at radius 2 is 2.20 bits per heavy atom. The lowest BCUT2D eigenvalue weighted by molar-refractivity contribution is -0.00477.